The lowest BCUT2D eigenvalue weighted by atomic mass is 10.4. The maximum atomic E-state index is 5.02. The van der Waals surface area contributed by atoms with Crippen LogP contribution in [0.25, 0.3) is 0 Å². The van der Waals surface area contributed by atoms with Crippen molar-refractivity contribution in [3.05, 3.63) is 0 Å². The van der Waals surface area contributed by atoms with Crippen molar-refractivity contribution in [2.24, 2.45) is 0 Å². The summed E-state index contributed by atoms with van der Waals surface area (Å²) in [6.07, 6.45) is 1.59. The van der Waals surface area contributed by atoms with Crippen molar-refractivity contribution in [2.75, 3.05) is 33.4 Å². The molecule has 1 N–H and O–H groups in total. The number of hydrogen-bond donors (Lipinski definition) is 1. The second-order valence-electron chi connectivity index (χ2n) is 2.51. The molecule has 1 unspecified atom stereocenters. The molecule has 0 bridgehead atoms. The second-order valence-corrected chi connectivity index (χ2v) is 2.51. The van der Waals surface area contributed by atoms with Crippen LogP contribution >= 0.6 is 0 Å². The quantitative estimate of drug-likeness (QED) is 0.422. The van der Waals surface area contributed by atoms with Gasteiger partial charge in [-0.05, 0) is 13.0 Å². The summed E-state index contributed by atoms with van der Waals surface area (Å²) in [5.74, 6) is 0. The van der Waals surface area contributed by atoms with Gasteiger partial charge in [-0.1, -0.05) is 0 Å². The number of nitrogens with one attached hydrogen (secondary N) is 1. The molecule has 1 atom stereocenters. The Morgan fingerprint density at radius 3 is 3.10 bits per heavy atom. The average molecular weight is 145 g/mol. The summed E-state index contributed by atoms with van der Waals surface area (Å²) in [6, 6.07) is 0. The van der Waals surface area contributed by atoms with Crippen molar-refractivity contribution in [3.8, 4) is 0 Å². The van der Waals surface area contributed by atoms with E-state index in [9.17, 15) is 0 Å². The Labute approximate surface area is 61.7 Å². The van der Waals surface area contributed by atoms with Crippen LogP contribution in [0.15, 0.2) is 0 Å². The number of ether oxygens (including phenoxy) is 2. The average Bonchev–Trinajstić information content (AvgIpc) is 2.71. The Morgan fingerprint density at radius 2 is 2.50 bits per heavy atom. The van der Waals surface area contributed by atoms with Gasteiger partial charge in [0.2, 0.25) is 0 Å². The molecule has 0 amide bonds. The third-order valence-electron chi connectivity index (χ3n) is 1.48. The molecule has 3 heteroatoms. The molecule has 1 rings (SSSR count). The van der Waals surface area contributed by atoms with Crippen LogP contribution in [-0.4, -0.2) is 39.5 Å². The van der Waals surface area contributed by atoms with E-state index in [-0.39, 0.29) is 0 Å². The molecular weight excluding hydrogens is 130 g/mol. The molecule has 0 saturated carbocycles. The maximum Gasteiger partial charge on any atom is 0.0933 e. The van der Waals surface area contributed by atoms with Crippen LogP contribution in [0.2, 0.25) is 0 Å². The zero-order valence-corrected chi connectivity index (χ0v) is 6.43. The van der Waals surface area contributed by atoms with Gasteiger partial charge >= 0.3 is 0 Å². The number of hydrogen-bond acceptors (Lipinski definition) is 3. The first-order valence-corrected chi connectivity index (χ1v) is 3.74. The first-order chi connectivity index (χ1) is 4.93. The molecule has 60 valence electrons. The molecule has 1 saturated heterocycles. The van der Waals surface area contributed by atoms with Crippen LogP contribution in [0.5, 0.6) is 0 Å². The van der Waals surface area contributed by atoms with Crippen molar-refractivity contribution in [2.45, 2.75) is 12.5 Å². The monoisotopic (exact) mass is 145 g/mol. The largest absolute Gasteiger partial charge is 0.385 e. The summed E-state index contributed by atoms with van der Waals surface area (Å²) >= 11 is 0. The minimum Gasteiger partial charge on any atom is -0.385 e. The molecule has 0 aromatic carbocycles. The predicted molar refractivity (Wildman–Crippen MR) is 39.1 cm³/mol. The lowest BCUT2D eigenvalue weighted by molar-refractivity contribution is 0.194. The molecular formula is C7H15NO2. The summed E-state index contributed by atoms with van der Waals surface area (Å²) in [4.78, 5) is 0. The van der Waals surface area contributed by atoms with Crippen LogP contribution < -0.4 is 5.32 Å². The van der Waals surface area contributed by atoms with E-state index in [4.69, 9.17) is 9.47 Å². The van der Waals surface area contributed by atoms with Gasteiger partial charge in [-0.3, -0.25) is 0 Å². The Balaban J connectivity index is 1.68. The zero-order chi connectivity index (χ0) is 7.23. The molecule has 1 heterocycles. The van der Waals surface area contributed by atoms with E-state index in [0.717, 1.165) is 32.7 Å². The molecule has 0 radical (unpaired) electrons. The fourth-order valence-corrected chi connectivity index (χ4v) is 0.790. The summed E-state index contributed by atoms with van der Waals surface area (Å²) < 4.78 is 9.91. The van der Waals surface area contributed by atoms with Crippen LogP contribution in [-0.2, 0) is 9.47 Å². The Morgan fingerprint density at radius 1 is 1.70 bits per heavy atom. The minimum atomic E-state index is 0.502. The van der Waals surface area contributed by atoms with Crippen LogP contribution in [0.3, 0.4) is 0 Å². The first-order valence-electron chi connectivity index (χ1n) is 3.74. The molecule has 1 aliphatic heterocycles. The molecule has 0 aromatic heterocycles. The number of epoxide rings is 1. The Bertz CT molecular complexity index is 83.7. The first kappa shape index (κ1) is 7.98. The highest BCUT2D eigenvalue weighted by Crippen LogP contribution is 2.05. The van der Waals surface area contributed by atoms with Crippen molar-refractivity contribution in [1.82, 2.24) is 5.32 Å². The Hall–Kier alpha value is -0.120. The fraction of sp³-hybridized carbons (Fsp3) is 1.00. The lowest BCUT2D eigenvalue weighted by Crippen LogP contribution is -2.21. The van der Waals surface area contributed by atoms with Crippen LogP contribution in [0.1, 0.15) is 6.42 Å². The van der Waals surface area contributed by atoms with Crippen LogP contribution in [0.4, 0.5) is 0 Å². The predicted octanol–water partition coefficient (Wildman–Crippen LogP) is 0.0113. The summed E-state index contributed by atoms with van der Waals surface area (Å²) in [6.45, 7) is 3.83. The van der Waals surface area contributed by atoms with E-state index < -0.39 is 0 Å². The highest BCUT2D eigenvalue weighted by molar-refractivity contribution is 4.71. The summed E-state index contributed by atoms with van der Waals surface area (Å²) in [7, 11) is 1.73. The molecule has 10 heavy (non-hydrogen) atoms. The van der Waals surface area contributed by atoms with Crippen molar-refractivity contribution in [3.63, 3.8) is 0 Å². The van der Waals surface area contributed by atoms with Gasteiger partial charge in [0, 0.05) is 20.3 Å². The third-order valence-corrected chi connectivity index (χ3v) is 1.48. The molecule has 0 aromatic rings. The van der Waals surface area contributed by atoms with E-state index in [0.29, 0.717) is 6.10 Å². The summed E-state index contributed by atoms with van der Waals surface area (Å²) in [5.41, 5.74) is 0. The van der Waals surface area contributed by atoms with Gasteiger partial charge in [0.1, 0.15) is 0 Å². The third kappa shape index (κ3) is 3.82. The normalized spacial score (nSPS) is 23.1. The molecule has 0 spiro atoms. The van der Waals surface area contributed by atoms with E-state index >= 15 is 0 Å². The van der Waals surface area contributed by atoms with Gasteiger partial charge in [0.15, 0.2) is 0 Å². The van der Waals surface area contributed by atoms with E-state index in [1.165, 1.54) is 0 Å². The highest BCUT2D eigenvalue weighted by Gasteiger charge is 2.20. The van der Waals surface area contributed by atoms with Gasteiger partial charge in [-0.2, -0.15) is 0 Å². The van der Waals surface area contributed by atoms with Crippen molar-refractivity contribution < 1.29 is 9.47 Å². The van der Waals surface area contributed by atoms with Crippen molar-refractivity contribution >= 4 is 0 Å². The lowest BCUT2D eigenvalue weighted by Gasteiger charge is -2.00. The molecule has 3 nitrogen and oxygen atoms in total. The van der Waals surface area contributed by atoms with Gasteiger partial charge in [-0.25, -0.2) is 0 Å². The van der Waals surface area contributed by atoms with Gasteiger partial charge < -0.3 is 14.8 Å². The summed E-state index contributed by atoms with van der Waals surface area (Å²) in [5, 5.41) is 3.28. The van der Waals surface area contributed by atoms with E-state index in [1.807, 2.05) is 0 Å². The smallest absolute Gasteiger partial charge is 0.0933 e. The molecule has 0 aliphatic carbocycles. The van der Waals surface area contributed by atoms with Gasteiger partial charge in [-0.15, -0.1) is 0 Å². The molecule has 1 fully saturated rings. The van der Waals surface area contributed by atoms with Crippen LogP contribution in [0, 0.1) is 0 Å². The highest BCUT2D eigenvalue weighted by atomic mass is 16.6. The van der Waals surface area contributed by atoms with Crippen molar-refractivity contribution in [1.29, 1.82) is 0 Å². The minimum absolute atomic E-state index is 0.502. The second kappa shape index (κ2) is 4.66. The standard InChI is InChI=1S/C7H15NO2/c1-9-4-2-3-8-5-7-6-10-7/h7-8H,2-6H2,1H3. The molecule has 1 aliphatic rings. The Kier molecular flexibility index (Phi) is 3.72. The fourth-order valence-electron chi connectivity index (χ4n) is 0.790. The number of methoxy groups -OCH3 is 1. The van der Waals surface area contributed by atoms with E-state index in [2.05, 4.69) is 5.32 Å². The number of rotatable bonds is 6. The maximum absolute atomic E-state index is 5.02. The topological polar surface area (TPSA) is 33.8 Å². The zero-order valence-electron chi connectivity index (χ0n) is 6.43. The van der Waals surface area contributed by atoms with E-state index in [1.54, 1.807) is 7.11 Å². The SMILES string of the molecule is COCCCNCC1CO1. The van der Waals surface area contributed by atoms with Gasteiger partial charge in [0.25, 0.3) is 0 Å². The van der Waals surface area contributed by atoms with Gasteiger partial charge in [0.05, 0.1) is 12.7 Å².